The molecule has 9 nitrogen and oxygen atoms in total. The molecule has 10 heteroatoms. The summed E-state index contributed by atoms with van der Waals surface area (Å²) in [6, 6.07) is 6.90. The van der Waals surface area contributed by atoms with E-state index in [1.807, 2.05) is 11.8 Å². The summed E-state index contributed by atoms with van der Waals surface area (Å²) in [5, 5.41) is 10.3. The number of ether oxygens (including phenoxy) is 2. The number of Topliss-reactive ketones (excluding diaryl/α,β-unsaturated/α-hetero) is 1. The molecule has 0 amide bonds. The number of β-amino-alcohol motifs (C(OH)–C–C–N with tert-alkyl or cyclic N) is 1. The Hall–Kier alpha value is -1.56. The average molecular weight is 442 g/mol. The maximum atomic E-state index is 12.7. The molecule has 2 aliphatic rings. The monoisotopic (exact) mass is 441 g/mol. The number of benzene rings is 1. The van der Waals surface area contributed by atoms with Crippen LogP contribution in [0.2, 0.25) is 0 Å². The maximum absolute atomic E-state index is 12.7. The molecule has 0 radical (unpaired) electrons. The van der Waals surface area contributed by atoms with Crippen molar-refractivity contribution in [2.75, 3.05) is 65.6 Å². The lowest BCUT2D eigenvalue weighted by atomic mass is 10.1. The topological polar surface area (TPSA) is 99.6 Å². The molecule has 0 aliphatic carbocycles. The Morgan fingerprint density at radius 1 is 1.07 bits per heavy atom. The molecule has 3 rings (SSSR count). The van der Waals surface area contributed by atoms with Gasteiger partial charge in [0.1, 0.15) is 18.5 Å². The second-order valence-corrected chi connectivity index (χ2v) is 9.41. The van der Waals surface area contributed by atoms with E-state index in [0.29, 0.717) is 76.8 Å². The molecule has 2 fully saturated rings. The maximum Gasteiger partial charge on any atom is 0.282 e. The molecule has 1 N–H and O–H groups in total. The van der Waals surface area contributed by atoms with E-state index < -0.39 is 16.3 Å². The first-order valence-corrected chi connectivity index (χ1v) is 11.8. The van der Waals surface area contributed by atoms with Gasteiger partial charge in [-0.05, 0) is 24.3 Å². The molecule has 168 valence electrons. The predicted octanol–water partition coefficient (Wildman–Crippen LogP) is 0.214. The highest BCUT2D eigenvalue weighted by Gasteiger charge is 2.33. The van der Waals surface area contributed by atoms with Crippen LogP contribution in [0.5, 0.6) is 5.75 Å². The predicted molar refractivity (Wildman–Crippen MR) is 112 cm³/mol. The number of rotatable bonds is 9. The summed E-state index contributed by atoms with van der Waals surface area (Å²) in [5.74, 6) is 0.680. The smallest absolute Gasteiger partial charge is 0.282 e. The lowest BCUT2D eigenvalue weighted by Gasteiger charge is -2.38. The molecule has 0 saturated carbocycles. The van der Waals surface area contributed by atoms with Gasteiger partial charge in [-0.3, -0.25) is 9.69 Å². The molecular weight excluding hydrogens is 410 g/mol. The second-order valence-electron chi connectivity index (χ2n) is 7.48. The number of carbonyl (C=O) groups excluding carboxylic acids is 1. The van der Waals surface area contributed by atoms with Gasteiger partial charge in [0.15, 0.2) is 5.78 Å². The number of hydrogen-bond donors (Lipinski definition) is 1. The molecule has 2 aliphatic heterocycles. The highest BCUT2D eigenvalue weighted by molar-refractivity contribution is 7.86. The third-order valence-corrected chi connectivity index (χ3v) is 7.40. The van der Waals surface area contributed by atoms with Crippen molar-refractivity contribution in [2.24, 2.45) is 0 Å². The second kappa shape index (κ2) is 10.7. The Morgan fingerprint density at radius 2 is 1.67 bits per heavy atom. The zero-order valence-electron chi connectivity index (χ0n) is 17.4. The summed E-state index contributed by atoms with van der Waals surface area (Å²) in [5.41, 5.74) is 0.648. The quantitative estimate of drug-likeness (QED) is 0.547. The highest BCUT2D eigenvalue weighted by Crippen LogP contribution is 2.16. The van der Waals surface area contributed by atoms with E-state index >= 15 is 0 Å². The van der Waals surface area contributed by atoms with Crippen LogP contribution < -0.4 is 4.74 Å². The van der Waals surface area contributed by atoms with Gasteiger partial charge in [-0.2, -0.15) is 17.0 Å². The number of morpholine rings is 1. The Morgan fingerprint density at radius 3 is 2.27 bits per heavy atom. The zero-order chi connectivity index (χ0) is 21.6. The number of nitrogens with zero attached hydrogens (tertiary/aromatic N) is 3. The molecule has 1 atom stereocenters. The van der Waals surface area contributed by atoms with Crippen molar-refractivity contribution in [2.45, 2.75) is 19.4 Å². The molecular formula is C20H31N3O6S. The lowest BCUT2D eigenvalue weighted by molar-refractivity contribution is 0.0525. The van der Waals surface area contributed by atoms with E-state index in [-0.39, 0.29) is 12.4 Å². The van der Waals surface area contributed by atoms with Crippen LogP contribution in [0.4, 0.5) is 0 Å². The van der Waals surface area contributed by atoms with E-state index in [1.54, 1.807) is 24.3 Å². The standard InChI is InChI=1S/C20H31N3O6S/c1-2-20(25)17-3-5-19(6-4-17)29-16-18(24)15-21-7-9-22(10-8-21)30(26,27)23-11-13-28-14-12-23/h3-6,18,24H,2,7-16H2,1H3/t18-/m1/s1. The van der Waals surface area contributed by atoms with Crippen LogP contribution in [0.3, 0.4) is 0 Å². The number of hydrogen-bond acceptors (Lipinski definition) is 7. The molecule has 0 spiro atoms. The fourth-order valence-electron chi connectivity index (χ4n) is 3.57. The van der Waals surface area contributed by atoms with Crippen molar-refractivity contribution in [3.8, 4) is 5.75 Å². The molecule has 2 heterocycles. The van der Waals surface area contributed by atoms with Crippen molar-refractivity contribution in [3.05, 3.63) is 29.8 Å². The van der Waals surface area contributed by atoms with Crippen LogP contribution in [0.1, 0.15) is 23.7 Å². The number of aliphatic hydroxyl groups is 1. The van der Waals surface area contributed by atoms with Gasteiger partial charge in [-0.1, -0.05) is 6.92 Å². The molecule has 0 aromatic heterocycles. The number of ketones is 1. The van der Waals surface area contributed by atoms with Crippen molar-refractivity contribution < 1.29 is 27.8 Å². The van der Waals surface area contributed by atoms with Gasteiger partial charge < -0.3 is 14.6 Å². The van der Waals surface area contributed by atoms with Crippen LogP contribution in [0, 0.1) is 0 Å². The molecule has 0 bridgehead atoms. The van der Waals surface area contributed by atoms with Gasteiger partial charge >= 0.3 is 0 Å². The van der Waals surface area contributed by atoms with Crippen LogP contribution in [-0.4, -0.2) is 105 Å². The number of piperazine rings is 1. The number of carbonyl (C=O) groups is 1. The summed E-state index contributed by atoms with van der Waals surface area (Å²) in [7, 11) is -3.45. The SMILES string of the molecule is CCC(=O)c1ccc(OC[C@H](O)CN2CCN(S(=O)(=O)N3CCOCC3)CC2)cc1. The fraction of sp³-hybridized carbons (Fsp3) is 0.650. The molecule has 2 saturated heterocycles. The summed E-state index contributed by atoms with van der Waals surface area (Å²) >= 11 is 0. The van der Waals surface area contributed by atoms with E-state index in [4.69, 9.17) is 9.47 Å². The first kappa shape index (κ1) is 23.1. The third kappa shape index (κ3) is 5.99. The van der Waals surface area contributed by atoms with Crippen LogP contribution >= 0.6 is 0 Å². The fourth-order valence-corrected chi connectivity index (χ4v) is 5.13. The lowest BCUT2D eigenvalue weighted by Crippen LogP contribution is -2.55. The average Bonchev–Trinajstić information content (AvgIpc) is 2.78. The van der Waals surface area contributed by atoms with E-state index in [9.17, 15) is 18.3 Å². The molecule has 1 aromatic carbocycles. The molecule has 0 unspecified atom stereocenters. The minimum absolute atomic E-state index is 0.0800. The van der Waals surface area contributed by atoms with E-state index in [1.165, 1.54) is 8.61 Å². The molecule has 30 heavy (non-hydrogen) atoms. The Balaban J connectivity index is 1.40. The van der Waals surface area contributed by atoms with Crippen LogP contribution in [0.15, 0.2) is 24.3 Å². The van der Waals surface area contributed by atoms with Gasteiger partial charge in [0.05, 0.1) is 13.2 Å². The summed E-state index contributed by atoms with van der Waals surface area (Å²) in [6.45, 7) is 5.96. The Bertz CT molecular complexity index is 787. The van der Waals surface area contributed by atoms with Gasteiger partial charge in [0, 0.05) is 57.8 Å². The van der Waals surface area contributed by atoms with Gasteiger partial charge in [-0.25, -0.2) is 0 Å². The van der Waals surface area contributed by atoms with Crippen molar-refractivity contribution in [3.63, 3.8) is 0 Å². The first-order valence-electron chi connectivity index (χ1n) is 10.4. The normalized spacial score (nSPS) is 20.7. The summed E-state index contributed by atoms with van der Waals surface area (Å²) < 4.78 is 39.2. The zero-order valence-corrected chi connectivity index (χ0v) is 18.2. The summed E-state index contributed by atoms with van der Waals surface area (Å²) in [6.07, 6.45) is -0.232. The minimum Gasteiger partial charge on any atom is -0.491 e. The first-order chi connectivity index (χ1) is 14.4. The van der Waals surface area contributed by atoms with Gasteiger partial charge in [-0.15, -0.1) is 0 Å². The van der Waals surface area contributed by atoms with E-state index in [2.05, 4.69) is 0 Å². The van der Waals surface area contributed by atoms with Gasteiger partial charge in [0.2, 0.25) is 0 Å². The van der Waals surface area contributed by atoms with Crippen LogP contribution in [0.25, 0.3) is 0 Å². The summed E-state index contributed by atoms with van der Waals surface area (Å²) in [4.78, 5) is 13.7. The third-order valence-electron chi connectivity index (χ3n) is 5.36. The van der Waals surface area contributed by atoms with Crippen LogP contribution in [-0.2, 0) is 14.9 Å². The largest absolute Gasteiger partial charge is 0.491 e. The Kier molecular flexibility index (Phi) is 8.20. The molecule has 1 aromatic rings. The van der Waals surface area contributed by atoms with Gasteiger partial charge in [0.25, 0.3) is 10.2 Å². The highest BCUT2D eigenvalue weighted by atomic mass is 32.2. The van der Waals surface area contributed by atoms with E-state index in [0.717, 1.165) is 0 Å². The Labute approximate surface area is 178 Å². The van der Waals surface area contributed by atoms with Crippen molar-refractivity contribution >= 4 is 16.0 Å². The van der Waals surface area contributed by atoms with Crippen molar-refractivity contribution in [1.29, 1.82) is 0 Å². The number of aliphatic hydroxyl groups excluding tert-OH is 1. The van der Waals surface area contributed by atoms with Crippen molar-refractivity contribution in [1.82, 2.24) is 13.5 Å². The minimum atomic E-state index is -3.45.